The molecule has 8 heteroatoms. The molecule has 0 aliphatic rings. The summed E-state index contributed by atoms with van der Waals surface area (Å²) in [7, 11) is 0. The van der Waals surface area contributed by atoms with E-state index in [1.807, 2.05) is 6.07 Å². The maximum Gasteiger partial charge on any atom is 0.256 e. The Labute approximate surface area is 153 Å². The van der Waals surface area contributed by atoms with E-state index in [-0.39, 0.29) is 17.4 Å². The molecule has 134 valence electrons. The number of H-pyrrole nitrogens is 1. The molecule has 2 N–H and O–H groups in total. The molecule has 0 spiro atoms. The number of hydrogen-bond acceptors (Lipinski definition) is 5. The van der Waals surface area contributed by atoms with E-state index in [1.165, 1.54) is 17.0 Å². The van der Waals surface area contributed by atoms with Gasteiger partial charge in [-0.25, -0.2) is 4.98 Å². The van der Waals surface area contributed by atoms with Gasteiger partial charge in [0.15, 0.2) is 5.76 Å². The van der Waals surface area contributed by atoms with E-state index in [0.717, 1.165) is 0 Å². The molecule has 3 aromatic heterocycles. The van der Waals surface area contributed by atoms with Gasteiger partial charge in [0.2, 0.25) is 5.95 Å². The molecule has 0 radical (unpaired) electrons. The quantitative estimate of drug-likeness (QED) is 0.581. The van der Waals surface area contributed by atoms with Gasteiger partial charge in [-0.2, -0.15) is 9.78 Å². The summed E-state index contributed by atoms with van der Waals surface area (Å²) >= 11 is 0. The topological polar surface area (TPSA) is 106 Å². The molecule has 8 nitrogen and oxygen atoms in total. The number of amides is 1. The van der Waals surface area contributed by atoms with Gasteiger partial charge in [-0.1, -0.05) is 18.2 Å². The highest BCUT2D eigenvalue weighted by Gasteiger charge is 2.17. The Morgan fingerprint density at radius 3 is 2.67 bits per heavy atom. The van der Waals surface area contributed by atoms with E-state index in [0.29, 0.717) is 28.5 Å². The van der Waals surface area contributed by atoms with Crippen LogP contribution in [0.15, 0.2) is 70.1 Å². The van der Waals surface area contributed by atoms with Crippen molar-refractivity contribution in [1.82, 2.24) is 19.7 Å². The van der Waals surface area contributed by atoms with E-state index in [9.17, 15) is 9.59 Å². The van der Waals surface area contributed by atoms with Crippen molar-refractivity contribution in [3.05, 3.63) is 82.5 Å². The lowest BCUT2D eigenvalue weighted by Gasteiger charge is -2.08. The van der Waals surface area contributed by atoms with E-state index < -0.39 is 0 Å². The summed E-state index contributed by atoms with van der Waals surface area (Å²) in [6.45, 7) is 1.71. The van der Waals surface area contributed by atoms with Crippen molar-refractivity contribution < 1.29 is 9.21 Å². The maximum atomic E-state index is 12.6. The fraction of sp³-hybridized carbons (Fsp3) is 0.0526. The van der Waals surface area contributed by atoms with Crippen molar-refractivity contribution in [3.63, 3.8) is 0 Å². The Morgan fingerprint density at radius 2 is 1.96 bits per heavy atom. The molecule has 1 aromatic carbocycles. The lowest BCUT2D eigenvalue weighted by atomic mass is 10.2. The summed E-state index contributed by atoms with van der Waals surface area (Å²) in [5.74, 6) is 0.766. The van der Waals surface area contributed by atoms with Crippen LogP contribution in [0.1, 0.15) is 16.1 Å². The minimum atomic E-state index is -0.312. The molecule has 4 rings (SSSR count). The van der Waals surface area contributed by atoms with Crippen molar-refractivity contribution >= 4 is 11.7 Å². The van der Waals surface area contributed by atoms with Crippen molar-refractivity contribution in [1.29, 1.82) is 0 Å². The first-order valence-corrected chi connectivity index (χ1v) is 8.19. The summed E-state index contributed by atoms with van der Waals surface area (Å²) in [4.78, 5) is 31.3. The smallest absolute Gasteiger partial charge is 0.256 e. The van der Waals surface area contributed by atoms with Gasteiger partial charge in [0, 0.05) is 23.4 Å². The summed E-state index contributed by atoms with van der Waals surface area (Å²) in [5, 5.41) is 7.23. The number of nitrogens with one attached hydrogen (secondary N) is 2. The molecule has 0 aliphatic heterocycles. The van der Waals surface area contributed by atoms with Gasteiger partial charge in [0.25, 0.3) is 11.5 Å². The highest BCUT2D eigenvalue weighted by atomic mass is 16.3. The monoisotopic (exact) mass is 361 g/mol. The fourth-order valence-electron chi connectivity index (χ4n) is 2.62. The number of carbonyl (C=O) groups excluding carboxylic acids is 1. The standard InChI is InChI=1S/C19H15N5O3/c1-12-10-17(25)22-19(20-12)24-16(11-14(23-24)15-8-5-9-27-15)21-18(26)13-6-3-2-4-7-13/h2-11H,1H3,(H,21,26)(H,20,22,25). The van der Waals surface area contributed by atoms with E-state index in [1.54, 1.807) is 49.4 Å². The number of nitrogens with zero attached hydrogens (tertiary/aromatic N) is 3. The number of furan rings is 1. The van der Waals surface area contributed by atoms with Crippen LogP contribution in [0.5, 0.6) is 0 Å². The average molecular weight is 361 g/mol. The summed E-state index contributed by atoms with van der Waals surface area (Å²) in [5.41, 5.74) is 1.21. The van der Waals surface area contributed by atoms with Crippen LogP contribution in [0.25, 0.3) is 17.4 Å². The number of hydrogen-bond donors (Lipinski definition) is 2. The second-order valence-electron chi connectivity index (χ2n) is 5.83. The molecular weight excluding hydrogens is 346 g/mol. The Morgan fingerprint density at radius 1 is 1.15 bits per heavy atom. The molecule has 0 aliphatic carbocycles. The first-order chi connectivity index (χ1) is 13.1. The minimum absolute atomic E-state index is 0.196. The Balaban J connectivity index is 1.79. The predicted octanol–water partition coefficient (Wildman–Crippen LogP) is 2.78. The van der Waals surface area contributed by atoms with Crippen molar-refractivity contribution in [2.75, 3.05) is 5.32 Å². The lowest BCUT2D eigenvalue weighted by molar-refractivity contribution is 0.102. The summed E-state index contributed by atoms with van der Waals surface area (Å²) < 4.78 is 6.75. The molecule has 0 saturated heterocycles. The second-order valence-corrected chi connectivity index (χ2v) is 5.83. The van der Waals surface area contributed by atoms with Gasteiger partial charge >= 0.3 is 0 Å². The van der Waals surface area contributed by atoms with Crippen molar-refractivity contribution in [2.24, 2.45) is 0 Å². The molecule has 0 bridgehead atoms. The normalized spacial score (nSPS) is 10.7. The van der Waals surface area contributed by atoms with Crippen LogP contribution in [0, 0.1) is 6.92 Å². The maximum absolute atomic E-state index is 12.6. The minimum Gasteiger partial charge on any atom is -0.463 e. The fourth-order valence-corrected chi connectivity index (χ4v) is 2.62. The number of benzene rings is 1. The second kappa shape index (κ2) is 6.75. The zero-order chi connectivity index (χ0) is 18.8. The number of aromatic amines is 1. The molecule has 0 unspecified atom stereocenters. The molecule has 0 atom stereocenters. The van der Waals surface area contributed by atoms with Gasteiger partial charge in [0.05, 0.1) is 6.26 Å². The molecule has 1 amide bonds. The first kappa shape index (κ1) is 16.5. The molecule has 4 aromatic rings. The van der Waals surface area contributed by atoms with Gasteiger partial charge in [0.1, 0.15) is 11.5 Å². The van der Waals surface area contributed by atoms with Crippen molar-refractivity contribution in [2.45, 2.75) is 6.92 Å². The van der Waals surface area contributed by atoms with Crippen LogP contribution in [0.2, 0.25) is 0 Å². The number of carbonyl (C=O) groups is 1. The lowest BCUT2D eigenvalue weighted by Crippen LogP contribution is -2.18. The molecule has 27 heavy (non-hydrogen) atoms. The number of anilines is 1. The van der Waals surface area contributed by atoms with Gasteiger partial charge in [-0.15, -0.1) is 0 Å². The zero-order valence-electron chi connectivity index (χ0n) is 14.3. The SMILES string of the molecule is Cc1cc(=O)[nH]c(-n2nc(-c3ccco3)cc2NC(=O)c2ccccc2)n1. The number of rotatable bonds is 4. The number of aromatic nitrogens is 4. The zero-order valence-corrected chi connectivity index (χ0v) is 14.3. The van der Waals surface area contributed by atoms with Gasteiger partial charge in [-0.3, -0.25) is 14.6 Å². The summed E-state index contributed by atoms with van der Waals surface area (Å²) in [6, 6.07) is 15.3. The molecular formula is C19H15N5O3. The molecule has 3 heterocycles. The third-order valence-electron chi connectivity index (χ3n) is 3.82. The van der Waals surface area contributed by atoms with Gasteiger partial charge in [-0.05, 0) is 31.2 Å². The Bertz CT molecular complexity index is 1140. The third-order valence-corrected chi connectivity index (χ3v) is 3.82. The third kappa shape index (κ3) is 3.40. The number of aryl methyl sites for hydroxylation is 1. The van der Waals surface area contributed by atoms with Crippen LogP contribution in [0.3, 0.4) is 0 Å². The largest absolute Gasteiger partial charge is 0.463 e. The highest BCUT2D eigenvalue weighted by Crippen LogP contribution is 2.24. The van der Waals surface area contributed by atoms with Crippen LogP contribution >= 0.6 is 0 Å². The Kier molecular flexibility index (Phi) is 4.13. The van der Waals surface area contributed by atoms with E-state index in [4.69, 9.17) is 4.42 Å². The first-order valence-electron chi connectivity index (χ1n) is 8.19. The van der Waals surface area contributed by atoms with Crippen LogP contribution in [-0.2, 0) is 0 Å². The van der Waals surface area contributed by atoms with E-state index in [2.05, 4.69) is 20.4 Å². The molecule has 0 fully saturated rings. The summed E-state index contributed by atoms with van der Waals surface area (Å²) in [6.07, 6.45) is 1.53. The van der Waals surface area contributed by atoms with Crippen LogP contribution in [-0.4, -0.2) is 25.7 Å². The Hall–Kier alpha value is -3.94. The van der Waals surface area contributed by atoms with E-state index >= 15 is 0 Å². The average Bonchev–Trinajstić information content (AvgIpc) is 3.31. The van der Waals surface area contributed by atoms with Crippen molar-refractivity contribution in [3.8, 4) is 17.4 Å². The molecule has 0 saturated carbocycles. The predicted molar refractivity (Wildman–Crippen MR) is 98.8 cm³/mol. The van der Waals surface area contributed by atoms with Crippen LogP contribution < -0.4 is 10.9 Å². The van der Waals surface area contributed by atoms with Gasteiger partial charge < -0.3 is 9.73 Å². The van der Waals surface area contributed by atoms with Crippen LogP contribution in [0.4, 0.5) is 5.82 Å². The highest BCUT2D eigenvalue weighted by molar-refractivity contribution is 6.04.